The number of nitrogens with zero attached hydrogens (tertiary/aromatic N) is 4. The van der Waals surface area contributed by atoms with Crippen LogP contribution in [0.3, 0.4) is 0 Å². The van der Waals surface area contributed by atoms with E-state index in [0.717, 1.165) is 43.1 Å². The van der Waals surface area contributed by atoms with E-state index in [2.05, 4.69) is 9.88 Å². The highest BCUT2D eigenvalue weighted by Gasteiger charge is 2.52. The second kappa shape index (κ2) is 9.42. The Labute approximate surface area is 211 Å². The molecule has 0 aliphatic carbocycles. The molecule has 188 valence electrons. The Morgan fingerprint density at radius 3 is 2.31 bits per heavy atom. The van der Waals surface area contributed by atoms with Gasteiger partial charge in [0.25, 0.3) is 0 Å². The van der Waals surface area contributed by atoms with E-state index in [1.165, 1.54) is 6.07 Å². The largest absolute Gasteiger partial charge is 0.417 e. The van der Waals surface area contributed by atoms with Gasteiger partial charge in [-0.3, -0.25) is 9.69 Å². The third-order valence-electron chi connectivity index (χ3n) is 7.26. The molecule has 1 amide bonds. The number of pyridine rings is 1. The molecule has 0 saturated carbocycles. The van der Waals surface area contributed by atoms with E-state index < -0.39 is 17.2 Å². The first-order valence-electron chi connectivity index (χ1n) is 11.6. The van der Waals surface area contributed by atoms with Crippen molar-refractivity contribution in [2.75, 3.05) is 62.3 Å². The number of amides is 1. The average molecular weight is 529 g/mol. The molecule has 5 rings (SSSR count). The summed E-state index contributed by atoms with van der Waals surface area (Å²) in [6.07, 6.45) is -2.56. The molecule has 0 radical (unpaired) electrons. The van der Waals surface area contributed by atoms with Crippen LogP contribution >= 0.6 is 23.2 Å². The molecule has 2 aromatic rings. The zero-order chi connectivity index (χ0) is 24.8. The zero-order valence-corrected chi connectivity index (χ0v) is 20.5. The van der Waals surface area contributed by atoms with E-state index in [0.29, 0.717) is 61.6 Å². The van der Waals surface area contributed by atoms with Crippen LogP contribution in [0.15, 0.2) is 30.5 Å². The van der Waals surface area contributed by atoms with Crippen LogP contribution < -0.4 is 9.80 Å². The zero-order valence-electron chi connectivity index (χ0n) is 19.0. The van der Waals surface area contributed by atoms with E-state index in [1.807, 2.05) is 9.80 Å². The van der Waals surface area contributed by atoms with E-state index in [9.17, 15) is 18.0 Å². The highest BCUT2D eigenvalue weighted by atomic mass is 35.5. The van der Waals surface area contributed by atoms with Crippen LogP contribution in [0, 0.1) is 0 Å². The monoisotopic (exact) mass is 528 g/mol. The number of aromatic nitrogens is 1. The Kier molecular flexibility index (Phi) is 6.63. The Hall–Kier alpha value is -2.07. The molecular weight excluding hydrogens is 504 g/mol. The van der Waals surface area contributed by atoms with Crippen LogP contribution in [0.2, 0.25) is 10.0 Å². The van der Waals surface area contributed by atoms with E-state index in [4.69, 9.17) is 27.9 Å². The number of hydrogen-bond donors (Lipinski definition) is 0. The van der Waals surface area contributed by atoms with Crippen LogP contribution in [0.1, 0.15) is 24.0 Å². The van der Waals surface area contributed by atoms with Crippen molar-refractivity contribution in [3.8, 4) is 0 Å². The van der Waals surface area contributed by atoms with Gasteiger partial charge in [0.1, 0.15) is 5.82 Å². The standard InChI is InChI=1S/C24H25Cl2F3N4O2/c25-18-13-17-20(14-19(18)26)33(8-7-31-9-11-35-12-10-31)22(34)23(17)3-5-32(6-4-23)21-2-1-16(15-30-21)24(27,28)29/h1-2,13-15H,3-12H2. The van der Waals surface area contributed by atoms with Gasteiger partial charge in [-0.2, -0.15) is 13.2 Å². The number of carbonyl (C=O) groups is 1. The van der Waals surface area contributed by atoms with Crippen LogP contribution in [0.5, 0.6) is 0 Å². The highest BCUT2D eigenvalue weighted by Crippen LogP contribution is 2.50. The number of rotatable bonds is 4. The van der Waals surface area contributed by atoms with Crippen molar-refractivity contribution in [1.82, 2.24) is 9.88 Å². The second-order valence-electron chi connectivity index (χ2n) is 9.17. The van der Waals surface area contributed by atoms with Gasteiger partial charge in [0.05, 0.1) is 34.2 Å². The number of carbonyl (C=O) groups excluding carboxylic acids is 1. The molecule has 2 saturated heterocycles. The number of anilines is 2. The lowest BCUT2D eigenvalue weighted by molar-refractivity contribution is -0.137. The molecule has 35 heavy (non-hydrogen) atoms. The van der Waals surface area contributed by atoms with Crippen molar-refractivity contribution in [2.45, 2.75) is 24.4 Å². The summed E-state index contributed by atoms with van der Waals surface area (Å²) in [5.41, 5.74) is 0.145. The van der Waals surface area contributed by atoms with Gasteiger partial charge in [0.2, 0.25) is 5.91 Å². The lowest BCUT2D eigenvalue weighted by Crippen LogP contribution is -2.50. The topological polar surface area (TPSA) is 48.9 Å². The molecule has 1 spiro atoms. The molecule has 1 aromatic carbocycles. The average Bonchev–Trinajstić information content (AvgIpc) is 3.05. The summed E-state index contributed by atoms with van der Waals surface area (Å²) < 4.78 is 44.1. The van der Waals surface area contributed by atoms with Crippen LogP contribution in [0.4, 0.5) is 24.7 Å². The minimum Gasteiger partial charge on any atom is -0.379 e. The van der Waals surface area contributed by atoms with Crippen LogP contribution in [-0.2, 0) is 21.1 Å². The fourth-order valence-corrected chi connectivity index (χ4v) is 5.58. The van der Waals surface area contributed by atoms with Crippen molar-refractivity contribution in [3.63, 3.8) is 0 Å². The minimum atomic E-state index is -4.43. The number of halogens is 5. The Balaban J connectivity index is 1.36. The van der Waals surface area contributed by atoms with Gasteiger partial charge in [-0.05, 0) is 42.7 Å². The number of hydrogen-bond acceptors (Lipinski definition) is 5. The number of alkyl halides is 3. The number of ether oxygens (including phenoxy) is 1. The number of fused-ring (bicyclic) bond motifs is 2. The van der Waals surface area contributed by atoms with Crippen LogP contribution in [-0.4, -0.2) is 68.3 Å². The first kappa shape index (κ1) is 24.6. The van der Waals surface area contributed by atoms with Crippen LogP contribution in [0.25, 0.3) is 0 Å². The predicted molar refractivity (Wildman–Crippen MR) is 128 cm³/mol. The van der Waals surface area contributed by atoms with Crippen molar-refractivity contribution >= 4 is 40.6 Å². The molecule has 3 aliphatic heterocycles. The molecule has 2 fully saturated rings. The normalized spacial score (nSPS) is 20.5. The molecule has 11 heteroatoms. The summed E-state index contributed by atoms with van der Waals surface area (Å²) in [4.78, 5) is 23.9. The van der Waals surface area contributed by atoms with Gasteiger partial charge in [-0.25, -0.2) is 4.98 Å². The van der Waals surface area contributed by atoms with Crippen molar-refractivity contribution in [3.05, 3.63) is 51.6 Å². The first-order valence-corrected chi connectivity index (χ1v) is 12.3. The van der Waals surface area contributed by atoms with Gasteiger partial charge in [0.15, 0.2) is 0 Å². The SMILES string of the molecule is O=C1N(CCN2CCOCC2)c2cc(Cl)c(Cl)cc2C12CCN(c1ccc(C(F)(F)F)cn1)CC2. The van der Waals surface area contributed by atoms with Gasteiger partial charge >= 0.3 is 6.18 Å². The Bertz CT molecular complexity index is 1100. The Morgan fingerprint density at radius 2 is 1.69 bits per heavy atom. The second-order valence-corrected chi connectivity index (χ2v) is 9.98. The predicted octanol–water partition coefficient (Wildman–Crippen LogP) is 4.62. The Morgan fingerprint density at radius 1 is 1.00 bits per heavy atom. The summed E-state index contributed by atoms with van der Waals surface area (Å²) in [6, 6.07) is 6.00. The quantitative estimate of drug-likeness (QED) is 0.579. The molecule has 6 nitrogen and oxygen atoms in total. The molecule has 3 aliphatic rings. The van der Waals surface area contributed by atoms with Crippen molar-refractivity contribution < 1.29 is 22.7 Å². The molecule has 0 unspecified atom stereocenters. The maximum atomic E-state index is 13.9. The first-order chi connectivity index (χ1) is 16.7. The van der Waals surface area contributed by atoms with Gasteiger partial charge < -0.3 is 14.5 Å². The van der Waals surface area contributed by atoms with E-state index in [-0.39, 0.29) is 5.91 Å². The summed E-state index contributed by atoms with van der Waals surface area (Å²) >= 11 is 12.7. The molecular formula is C24H25Cl2F3N4O2. The fraction of sp³-hybridized carbons (Fsp3) is 0.500. The van der Waals surface area contributed by atoms with Gasteiger partial charge in [0, 0.05) is 51.2 Å². The number of piperidine rings is 1. The molecule has 0 atom stereocenters. The smallest absolute Gasteiger partial charge is 0.379 e. The lowest BCUT2D eigenvalue weighted by atomic mass is 9.73. The summed E-state index contributed by atoms with van der Waals surface area (Å²) in [5, 5.41) is 0.803. The molecule has 0 bridgehead atoms. The van der Waals surface area contributed by atoms with Crippen molar-refractivity contribution in [1.29, 1.82) is 0 Å². The molecule has 4 heterocycles. The summed E-state index contributed by atoms with van der Waals surface area (Å²) in [7, 11) is 0. The highest BCUT2D eigenvalue weighted by molar-refractivity contribution is 6.42. The van der Waals surface area contributed by atoms with Gasteiger partial charge in [-0.15, -0.1) is 0 Å². The lowest BCUT2D eigenvalue weighted by Gasteiger charge is -2.39. The molecule has 1 aromatic heterocycles. The van der Waals surface area contributed by atoms with Gasteiger partial charge in [-0.1, -0.05) is 23.2 Å². The minimum absolute atomic E-state index is 0.0270. The van der Waals surface area contributed by atoms with E-state index in [1.54, 1.807) is 12.1 Å². The molecule has 0 N–H and O–H groups in total. The maximum absolute atomic E-state index is 13.9. The summed E-state index contributed by atoms with van der Waals surface area (Å²) in [6.45, 7) is 5.27. The number of benzene rings is 1. The number of morpholine rings is 1. The fourth-order valence-electron chi connectivity index (χ4n) is 5.26. The maximum Gasteiger partial charge on any atom is 0.417 e. The third kappa shape index (κ3) is 4.59. The summed E-state index contributed by atoms with van der Waals surface area (Å²) in [5.74, 6) is 0.496. The third-order valence-corrected chi connectivity index (χ3v) is 7.98. The van der Waals surface area contributed by atoms with E-state index >= 15 is 0 Å². The van der Waals surface area contributed by atoms with Crippen molar-refractivity contribution in [2.24, 2.45) is 0 Å².